The van der Waals surface area contributed by atoms with E-state index in [1.54, 1.807) is 0 Å². The largest absolute Gasteiger partial charge is 0.379 e. The molecular weight excluding hydrogens is 312 g/mol. The summed E-state index contributed by atoms with van der Waals surface area (Å²) in [7, 11) is 0. The zero-order chi connectivity index (χ0) is 16.6. The summed E-state index contributed by atoms with van der Waals surface area (Å²) in [5, 5.41) is 3.93. The highest BCUT2D eigenvalue weighted by Gasteiger charge is 2.31. The number of para-hydroxylation sites is 1. The van der Waals surface area contributed by atoms with Crippen LogP contribution in [0.25, 0.3) is 10.9 Å². The van der Waals surface area contributed by atoms with E-state index in [-0.39, 0.29) is 0 Å². The molecule has 3 aliphatic rings. The van der Waals surface area contributed by atoms with Crippen molar-refractivity contribution in [3.63, 3.8) is 0 Å². The number of rotatable bonds is 4. The van der Waals surface area contributed by atoms with Crippen LogP contribution in [-0.4, -0.2) is 73.0 Å². The number of hydrogen-bond donors (Lipinski definition) is 0. The van der Waals surface area contributed by atoms with Crippen LogP contribution in [0.15, 0.2) is 30.5 Å². The second-order valence-corrected chi connectivity index (χ2v) is 7.63. The molecule has 2 saturated heterocycles. The summed E-state index contributed by atoms with van der Waals surface area (Å²) < 4.78 is 7.93. The molecule has 1 aromatic carbocycles. The average Bonchev–Trinajstić information content (AvgIpc) is 3.46. The van der Waals surface area contributed by atoms with Crippen molar-refractivity contribution in [2.24, 2.45) is 0 Å². The lowest BCUT2D eigenvalue weighted by molar-refractivity contribution is 0.0343. The number of nitrogens with zero attached hydrogens (tertiary/aromatic N) is 4. The quantitative estimate of drug-likeness (QED) is 0.848. The smallest absolute Gasteiger partial charge is 0.0698 e. The topological polar surface area (TPSA) is 23.9 Å². The maximum atomic E-state index is 5.50. The SMILES string of the molecule is c1ccc2c(c1)c(CN1CCOCC1)cn2N1CCN(C2CC2)CC1. The van der Waals surface area contributed by atoms with Crippen molar-refractivity contribution < 1.29 is 4.74 Å². The van der Waals surface area contributed by atoms with E-state index < -0.39 is 0 Å². The molecule has 0 unspecified atom stereocenters. The number of morpholine rings is 1. The highest BCUT2D eigenvalue weighted by molar-refractivity contribution is 5.84. The van der Waals surface area contributed by atoms with Crippen molar-refractivity contribution in [2.75, 3.05) is 57.5 Å². The van der Waals surface area contributed by atoms with Crippen molar-refractivity contribution in [1.82, 2.24) is 14.5 Å². The molecule has 0 spiro atoms. The summed E-state index contributed by atoms with van der Waals surface area (Å²) in [6.07, 6.45) is 5.21. The van der Waals surface area contributed by atoms with Crippen molar-refractivity contribution >= 4 is 10.9 Å². The first-order valence-corrected chi connectivity index (χ1v) is 9.77. The second-order valence-electron chi connectivity index (χ2n) is 7.63. The van der Waals surface area contributed by atoms with Crippen LogP contribution in [-0.2, 0) is 11.3 Å². The Labute approximate surface area is 149 Å². The molecule has 134 valence electrons. The summed E-state index contributed by atoms with van der Waals surface area (Å²) >= 11 is 0. The van der Waals surface area contributed by atoms with Gasteiger partial charge >= 0.3 is 0 Å². The van der Waals surface area contributed by atoms with E-state index in [0.717, 1.165) is 52.0 Å². The lowest BCUT2D eigenvalue weighted by Crippen LogP contribution is -2.51. The zero-order valence-corrected chi connectivity index (χ0v) is 14.9. The molecule has 5 heteroatoms. The van der Waals surface area contributed by atoms with Crippen LogP contribution < -0.4 is 5.01 Å². The van der Waals surface area contributed by atoms with Gasteiger partial charge in [-0.05, 0) is 24.5 Å². The Balaban J connectivity index is 1.38. The molecule has 2 aromatic rings. The molecule has 1 aliphatic carbocycles. The van der Waals surface area contributed by atoms with Gasteiger partial charge in [-0.3, -0.25) is 14.5 Å². The number of aromatic nitrogens is 1. The predicted octanol–water partition coefficient (Wildman–Crippen LogP) is 1.89. The fourth-order valence-corrected chi connectivity index (χ4v) is 4.32. The standard InChI is InChI=1S/C20H28N4O/c1-2-4-20-19(3-1)17(15-21-11-13-25-14-12-21)16-24(20)23-9-7-22(8-10-23)18-5-6-18/h1-4,16,18H,5-15H2. The van der Waals surface area contributed by atoms with Gasteiger partial charge < -0.3 is 9.75 Å². The van der Waals surface area contributed by atoms with E-state index in [1.807, 2.05) is 0 Å². The molecule has 3 fully saturated rings. The Morgan fingerprint density at radius 3 is 2.44 bits per heavy atom. The Bertz CT molecular complexity index is 724. The van der Waals surface area contributed by atoms with Gasteiger partial charge in [-0.1, -0.05) is 18.2 Å². The molecule has 1 aromatic heterocycles. The Hall–Kier alpha value is -1.56. The molecule has 5 rings (SSSR count). The predicted molar refractivity (Wildman–Crippen MR) is 101 cm³/mol. The zero-order valence-electron chi connectivity index (χ0n) is 14.9. The molecule has 0 N–H and O–H groups in total. The number of piperazine rings is 1. The van der Waals surface area contributed by atoms with Crippen molar-refractivity contribution in [2.45, 2.75) is 25.4 Å². The summed E-state index contributed by atoms with van der Waals surface area (Å²) in [5.74, 6) is 0. The Kier molecular flexibility index (Phi) is 4.16. The molecule has 2 aliphatic heterocycles. The Morgan fingerprint density at radius 2 is 1.68 bits per heavy atom. The van der Waals surface area contributed by atoms with Gasteiger partial charge in [0.2, 0.25) is 0 Å². The first-order chi connectivity index (χ1) is 12.4. The van der Waals surface area contributed by atoms with Gasteiger partial charge in [-0.25, -0.2) is 0 Å². The van der Waals surface area contributed by atoms with E-state index >= 15 is 0 Å². The summed E-state index contributed by atoms with van der Waals surface area (Å²) in [6.45, 7) is 9.51. The first kappa shape index (κ1) is 15.7. The normalized spacial score (nSPS) is 23.4. The summed E-state index contributed by atoms with van der Waals surface area (Å²) in [5.41, 5.74) is 2.80. The van der Waals surface area contributed by atoms with Gasteiger partial charge in [-0.2, -0.15) is 0 Å². The van der Waals surface area contributed by atoms with Crippen molar-refractivity contribution in [1.29, 1.82) is 0 Å². The molecule has 0 bridgehead atoms. The highest BCUT2D eigenvalue weighted by atomic mass is 16.5. The molecule has 3 heterocycles. The van der Waals surface area contributed by atoms with E-state index in [2.05, 4.69) is 49.9 Å². The fraction of sp³-hybridized carbons (Fsp3) is 0.600. The monoisotopic (exact) mass is 340 g/mol. The Morgan fingerprint density at radius 1 is 0.920 bits per heavy atom. The van der Waals surface area contributed by atoms with Crippen LogP contribution in [0.3, 0.4) is 0 Å². The lowest BCUT2D eigenvalue weighted by Gasteiger charge is -2.37. The molecule has 25 heavy (non-hydrogen) atoms. The third kappa shape index (κ3) is 3.16. The third-order valence-corrected chi connectivity index (χ3v) is 5.93. The molecule has 5 nitrogen and oxygen atoms in total. The van der Waals surface area contributed by atoms with Gasteiger partial charge in [0, 0.05) is 63.4 Å². The fourth-order valence-electron chi connectivity index (χ4n) is 4.32. The molecule has 1 saturated carbocycles. The number of fused-ring (bicyclic) bond motifs is 1. The summed E-state index contributed by atoms with van der Waals surface area (Å²) in [6, 6.07) is 9.77. The maximum absolute atomic E-state index is 5.50. The lowest BCUT2D eigenvalue weighted by atomic mass is 10.1. The van der Waals surface area contributed by atoms with E-state index in [4.69, 9.17) is 4.74 Å². The molecular formula is C20H28N4O. The molecule has 0 radical (unpaired) electrons. The van der Waals surface area contributed by atoms with Crippen LogP contribution in [0.4, 0.5) is 0 Å². The van der Waals surface area contributed by atoms with Gasteiger partial charge in [0.1, 0.15) is 0 Å². The van der Waals surface area contributed by atoms with Crippen LogP contribution in [0.1, 0.15) is 18.4 Å². The molecule has 0 amide bonds. The van der Waals surface area contributed by atoms with E-state index in [9.17, 15) is 0 Å². The van der Waals surface area contributed by atoms with Crippen LogP contribution >= 0.6 is 0 Å². The minimum atomic E-state index is 0.863. The first-order valence-electron chi connectivity index (χ1n) is 9.77. The number of benzene rings is 1. The highest BCUT2D eigenvalue weighted by Crippen LogP contribution is 2.28. The van der Waals surface area contributed by atoms with Crippen LogP contribution in [0.2, 0.25) is 0 Å². The van der Waals surface area contributed by atoms with Crippen LogP contribution in [0.5, 0.6) is 0 Å². The van der Waals surface area contributed by atoms with E-state index in [0.29, 0.717) is 0 Å². The van der Waals surface area contributed by atoms with Gasteiger partial charge in [-0.15, -0.1) is 0 Å². The molecule has 0 atom stereocenters. The van der Waals surface area contributed by atoms with Gasteiger partial charge in [0.15, 0.2) is 0 Å². The van der Waals surface area contributed by atoms with E-state index in [1.165, 1.54) is 42.4 Å². The van der Waals surface area contributed by atoms with Crippen molar-refractivity contribution in [3.05, 3.63) is 36.0 Å². The van der Waals surface area contributed by atoms with Crippen LogP contribution in [0, 0.1) is 0 Å². The third-order valence-electron chi connectivity index (χ3n) is 5.93. The minimum Gasteiger partial charge on any atom is -0.379 e. The minimum absolute atomic E-state index is 0.863. The number of ether oxygens (including phenoxy) is 1. The summed E-state index contributed by atoms with van der Waals surface area (Å²) in [4.78, 5) is 5.19. The number of hydrogen-bond acceptors (Lipinski definition) is 4. The second kappa shape index (κ2) is 6.63. The average molecular weight is 340 g/mol. The maximum Gasteiger partial charge on any atom is 0.0698 e. The van der Waals surface area contributed by atoms with Gasteiger partial charge in [0.25, 0.3) is 0 Å². The van der Waals surface area contributed by atoms with Gasteiger partial charge in [0.05, 0.1) is 18.7 Å². The van der Waals surface area contributed by atoms with Crippen molar-refractivity contribution in [3.8, 4) is 0 Å².